The summed E-state index contributed by atoms with van der Waals surface area (Å²) in [5.74, 6) is 1.52. The Bertz CT molecular complexity index is 414. The van der Waals surface area contributed by atoms with E-state index in [2.05, 4.69) is 67.2 Å². The van der Waals surface area contributed by atoms with E-state index >= 15 is 0 Å². The lowest BCUT2D eigenvalue weighted by atomic mass is 9.90. The van der Waals surface area contributed by atoms with Gasteiger partial charge in [0.1, 0.15) is 0 Å². The largest absolute Gasteiger partial charge is 0.103 e. The Morgan fingerprint density at radius 2 is 1.22 bits per heavy atom. The van der Waals surface area contributed by atoms with Crippen LogP contribution in [0.3, 0.4) is 0 Å². The molecular weight excluding hydrogens is 216 g/mol. The molecule has 0 aromatic heterocycles. The second kappa shape index (κ2) is 6.80. The molecule has 0 unspecified atom stereocenters. The molecule has 0 heterocycles. The molecule has 0 bridgehead atoms. The van der Waals surface area contributed by atoms with Crippen LogP contribution in [0.1, 0.15) is 17.5 Å². The molecule has 18 heavy (non-hydrogen) atoms. The summed E-state index contributed by atoms with van der Waals surface area (Å²) in [6.07, 6.45) is 5.08. The van der Waals surface area contributed by atoms with Gasteiger partial charge in [0.15, 0.2) is 0 Å². The standard InChI is InChI=1S/C18H19/c1-2-9-18(14-16-10-5-3-6-11-16)15-17-12-7-4-8-13-17/h2-8,10-13H,1,9,14-15H2. The number of benzene rings is 2. The molecule has 1 radical (unpaired) electrons. The zero-order valence-corrected chi connectivity index (χ0v) is 10.7. The maximum Gasteiger partial charge on any atom is -0.0117 e. The van der Waals surface area contributed by atoms with Crippen LogP contribution in [0.2, 0.25) is 0 Å². The molecule has 0 aliphatic carbocycles. The van der Waals surface area contributed by atoms with Gasteiger partial charge in [-0.3, -0.25) is 0 Å². The van der Waals surface area contributed by atoms with Gasteiger partial charge in [0.2, 0.25) is 0 Å². The molecule has 0 heteroatoms. The van der Waals surface area contributed by atoms with Crippen LogP contribution in [0.4, 0.5) is 0 Å². The maximum absolute atomic E-state index is 3.86. The third-order valence-corrected chi connectivity index (χ3v) is 3.03. The van der Waals surface area contributed by atoms with Crippen LogP contribution in [0, 0.1) is 5.92 Å². The smallest absolute Gasteiger partial charge is 0.0117 e. The highest BCUT2D eigenvalue weighted by molar-refractivity contribution is 5.24. The summed E-state index contributed by atoms with van der Waals surface area (Å²) in [6.45, 7) is 3.86. The summed E-state index contributed by atoms with van der Waals surface area (Å²) in [5.41, 5.74) is 2.76. The minimum Gasteiger partial charge on any atom is -0.103 e. The maximum atomic E-state index is 3.86. The Balaban J connectivity index is 2.02. The second-order valence-corrected chi connectivity index (χ2v) is 4.57. The molecule has 0 aliphatic rings. The molecule has 0 saturated heterocycles. The van der Waals surface area contributed by atoms with Crippen LogP contribution >= 0.6 is 0 Å². The van der Waals surface area contributed by atoms with E-state index in [4.69, 9.17) is 0 Å². The third kappa shape index (κ3) is 3.89. The lowest BCUT2D eigenvalue weighted by molar-refractivity contribution is 0.810. The van der Waals surface area contributed by atoms with Crippen LogP contribution in [-0.2, 0) is 12.8 Å². The van der Waals surface area contributed by atoms with Crippen LogP contribution in [0.5, 0.6) is 0 Å². The average molecular weight is 235 g/mol. The van der Waals surface area contributed by atoms with Crippen LogP contribution in [-0.4, -0.2) is 0 Å². The van der Waals surface area contributed by atoms with E-state index < -0.39 is 0 Å². The van der Waals surface area contributed by atoms with Gasteiger partial charge in [-0.2, -0.15) is 0 Å². The van der Waals surface area contributed by atoms with Gasteiger partial charge in [-0.05, 0) is 36.3 Å². The first-order valence-corrected chi connectivity index (χ1v) is 6.41. The molecule has 0 atom stereocenters. The number of allylic oxidation sites excluding steroid dienone is 1. The van der Waals surface area contributed by atoms with Crippen molar-refractivity contribution >= 4 is 0 Å². The fourth-order valence-corrected chi connectivity index (χ4v) is 2.18. The fourth-order valence-electron chi connectivity index (χ4n) is 2.18. The SMILES string of the molecule is C=CC[C](Cc1ccccc1)Cc1ccccc1. The summed E-state index contributed by atoms with van der Waals surface area (Å²) < 4.78 is 0. The van der Waals surface area contributed by atoms with Crippen molar-refractivity contribution in [3.05, 3.63) is 90.4 Å². The van der Waals surface area contributed by atoms with E-state index in [9.17, 15) is 0 Å². The molecule has 2 aromatic carbocycles. The Kier molecular flexibility index (Phi) is 4.78. The monoisotopic (exact) mass is 235 g/mol. The Hall–Kier alpha value is -1.82. The zero-order chi connectivity index (χ0) is 12.6. The topological polar surface area (TPSA) is 0 Å². The highest BCUT2D eigenvalue weighted by atomic mass is 14.1. The van der Waals surface area contributed by atoms with Gasteiger partial charge in [-0.25, -0.2) is 0 Å². The normalized spacial score (nSPS) is 10.5. The first-order valence-electron chi connectivity index (χ1n) is 6.41. The van der Waals surface area contributed by atoms with E-state index in [-0.39, 0.29) is 0 Å². The van der Waals surface area contributed by atoms with Crippen LogP contribution < -0.4 is 0 Å². The van der Waals surface area contributed by atoms with Crippen molar-refractivity contribution in [2.75, 3.05) is 0 Å². The van der Waals surface area contributed by atoms with Gasteiger partial charge >= 0.3 is 0 Å². The van der Waals surface area contributed by atoms with Gasteiger partial charge in [-0.1, -0.05) is 66.7 Å². The van der Waals surface area contributed by atoms with Gasteiger partial charge in [0.25, 0.3) is 0 Å². The number of hydrogen-bond donors (Lipinski definition) is 0. The van der Waals surface area contributed by atoms with Gasteiger partial charge in [0.05, 0.1) is 0 Å². The summed E-state index contributed by atoms with van der Waals surface area (Å²) >= 11 is 0. The van der Waals surface area contributed by atoms with E-state index in [1.54, 1.807) is 0 Å². The van der Waals surface area contributed by atoms with Crippen molar-refractivity contribution in [3.63, 3.8) is 0 Å². The first kappa shape index (κ1) is 12.6. The van der Waals surface area contributed by atoms with E-state index in [0.29, 0.717) is 0 Å². The number of rotatable bonds is 6. The van der Waals surface area contributed by atoms with Crippen molar-refractivity contribution in [3.8, 4) is 0 Å². The third-order valence-electron chi connectivity index (χ3n) is 3.03. The molecule has 0 spiro atoms. The highest BCUT2D eigenvalue weighted by Gasteiger charge is 2.09. The Morgan fingerprint density at radius 3 is 1.61 bits per heavy atom. The van der Waals surface area contributed by atoms with Crippen molar-refractivity contribution in [1.82, 2.24) is 0 Å². The molecule has 0 fully saturated rings. The molecule has 0 N–H and O–H groups in total. The van der Waals surface area contributed by atoms with Gasteiger partial charge in [-0.15, -0.1) is 6.58 Å². The van der Waals surface area contributed by atoms with Gasteiger partial charge < -0.3 is 0 Å². The van der Waals surface area contributed by atoms with Crippen LogP contribution in [0.15, 0.2) is 73.3 Å². The predicted octanol–water partition coefficient (Wildman–Crippen LogP) is 4.62. The first-order chi connectivity index (χ1) is 8.88. The van der Waals surface area contributed by atoms with E-state index in [0.717, 1.165) is 19.3 Å². The lowest BCUT2D eigenvalue weighted by Gasteiger charge is -2.14. The van der Waals surface area contributed by atoms with E-state index in [1.165, 1.54) is 17.0 Å². The van der Waals surface area contributed by atoms with Crippen molar-refractivity contribution in [1.29, 1.82) is 0 Å². The molecular formula is C18H19. The minimum atomic E-state index is 0.990. The summed E-state index contributed by atoms with van der Waals surface area (Å²) in [6, 6.07) is 21.3. The molecule has 0 saturated carbocycles. The summed E-state index contributed by atoms with van der Waals surface area (Å²) in [4.78, 5) is 0. The van der Waals surface area contributed by atoms with Crippen molar-refractivity contribution < 1.29 is 0 Å². The summed E-state index contributed by atoms with van der Waals surface area (Å²) in [7, 11) is 0. The highest BCUT2D eigenvalue weighted by Crippen LogP contribution is 2.20. The average Bonchev–Trinajstić information content (AvgIpc) is 2.41. The van der Waals surface area contributed by atoms with Gasteiger partial charge in [0, 0.05) is 0 Å². The quantitative estimate of drug-likeness (QED) is 0.641. The molecule has 0 aliphatic heterocycles. The molecule has 2 aromatic rings. The molecule has 2 rings (SSSR count). The minimum absolute atomic E-state index is 0.990. The van der Waals surface area contributed by atoms with E-state index in [1.807, 2.05) is 6.08 Å². The second-order valence-electron chi connectivity index (χ2n) is 4.57. The molecule has 0 nitrogen and oxygen atoms in total. The van der Waals surface area contributed by atoms with Crippen LogP contribution in [0.25, 0.3) is 0 Å². The zero-order valence-electron chi connectivity index (χ0n) is 10.7. The summed E-state index contributed by atoms with van der Waals surface area (Å²) in [5, 5.41) is 0. The lowest BCUT2D eigenvalue weighted by Crippen LogP contribution is -2.05. The predicted molar refractivity (Wildman–Crippen MR) is 78.3 cm³/mol. The molecule has 0 amide bonds. The van der Waals surface area contributed by atoms with Crippen molar-refractivity contribution in [2.45, 2.75) is 19.3 Å². The fraction of sp³-hybridized carbons (Fsp3) is 0.167. The molecule has 91 valence electrons. The number of hydrogen-bond acceptors (Lipinski definition) is 0. The Labute approximate surface area is 110 Å². The van der Waals surface area contributed by atoms with Crippen molar-refractivity contribution in [2.24, 2.45) is 0 Å². The Morgan fingerprint density at radius 1 is 0.778 bits per heavy atom.